The van der Waals surface area contributed by atoms with Gasteiger partial charge in [-0.3, -0.25) is 4.79 Å². The third kappa shape index (κ3) is 5.84. The molecule has 0 fully saturated rings. The monoisotopic (exact) mass is 442 g/mol. The van der Waals surface area contributed by atoms with E-state index in [1.807, 2.05) is 36.9 Å². The molecule has 2 aromatic rings. The average Bonchev–Trinajstić information content (AvgIpc) is 3.15. The van der Waals surface area contributed by atoms with E-state index in [-0.39, 0.29) is 17.0 Å². The van der Waals surface area contributed by atoms with Crippen molar-refractivity contribution in [3.8, 4) is 0 Å². The molecular formula is C22H28N5O3S+. The maximum absolute atomic E-state index is 12.3. The van der Waals surface area contributed by atoms with Gasteiger partial charge >= 0.3 is 0 Å². The highest BCUT2D eigenvalue weighted by molar-refractivity contribution is 7.89. The summed E-state index contributed by atoms with van der Waals surface area (Å²) in [5.74, 6) is -0.0935. The summed E-state index contributed by atoms with van der Waals surface area (Å²) >= 11 is 0. The van der Waals surface area contributed by atoms with Crippen molar-refractivity contribution in [2.24, 2.45) is 10.1 Å². The van der Waals surface area contributed by atoms with Crippen LogP contribution in [0.4, 0.5) is 5.69 Å². The summed E-state index contributed by atoms with van der Waals surface area (Å²) in [6, 6.07) is 13.7. The van der Waals surface area contributed by atoms with Gasteiger partial charge in [-0.25, -0.2) is 18.5 Å². The van der Waals surface area contributed by atoms with Crippen LogP contribution in [0.3, 0.4) is 0 Å². The summed E-state index contributed by atoms with van der Waals surface area (Å²) in [7, 11) is -1.83. The standard InChI is InChI=1S/C22H27N5O3S/c1-16-15-27(21(26-16)17-7-11-20(12-8-17)31(23,29)30)19-9-5-18(6-10-19)22(28)25-14-4-3-13-24-2/h5-12,15,21,24H,3-4,13-14H2,1-2H3,(H2-,23,25,28,29,30)/p+1. The molecule has 2 aromatic carbocycles. The molecule has 0 bridgehead atoms. The third-order valence-electron chi connectivity index (χ3n) is 4.99. The van der Waals surface area contributed by atoms with E-state index in [0.29, 0.717) is 12.1 Å². The number of amides is 1. The van der Waals surface area contributed by atoms with Crippen LogP contribution in [0.2, 0.25) is 0 Å². The number of sulfonamides is 1. The van der Waals surface area contributed by atoms with Crippen LogP contribution in [-0.2, 0) is 10.0 Å². The molecule has 1 atom stereocenters. The molecule has 0 radical (unpaired) electrons. The maximum atomic E-state index is 12.3. The first-order chi connectivity index (χ1) is 14.8. The Labute approximate surface area is 182 Å². The van der Waals surface area contributed by atoms with Crippen LogP contribution < -0.4 is 15.8 Å². The van der Waals surface area contributed by atoms with Gasteiger partial charge in [-0.05, 0) is 69.8 Å². The molecular weight excluding hydrogens is 414 g/mol. The van der Waals surface area contributed by atoms with Gasteiger partial charge in [0.25, 0.3) is 12.1 Å². The number of unbranched alkanes of at least 4 members (excludes halogenated alkanes) is 1. The molecule has 1 amide bonds. The van der Waals surface area contributed by atoms with Crippen LogP contribution in [0, 0.1) is 0 Å². The topological polar surface area (TPSA) is 117 Å². The predicted octanol–water partition coefficient (Wildman–Crippen LogP) is 1.95. The SMILES string of the molecule is CNCCCCNC(=O)c1ccc([N+]2=CC(C)=NC2c2ccc(S(N)(=O)=O)cc2)cc1. The first kappa shape index (κ1) is 22.8. The van der Waals surface area contributed by atoms with E-state index in [1.165, 1.54) is 12.1 Å². The minimum absolute atomic E-state index is 0.0619. The van der Waals surface area contributed by atoms with E-state index in [0.717, 1.165) is 36.3 Å². The second-order valence-corrected chi connectivity index (χ2v) is 8.97. The lowest BCUT2D eigenvalue weighted by atomic mass is 10.1. The van der Waals surface area contributed by atoms with Gasteiger partial charge < -0.3 is 10.6 Å². The van der Waals surface area contributed by atoms with E-state index in [4.69, 9.17) is 5.14 Å². The van der Waals surface area contributed by atoms with E-state index in [1.54, 1.807) is 24.3 Å². The van der Waals surface area contributed by atoms with E-state index < -0.39 is 10.0 Å². The Morgan fingerprint density at radius 1 is 1.06 bits per heavy atom. The number of nitrogens with zero attached hydrogens (tertiary/aromatic N) is 2. The van der Waals surface area contributed by atoms with Crippen molar-refractivity contribution >= 4 is 33.5 Å². The number of primary sulfonamides is 1. The maximum Gasteiger partial charge on any atom is 0.278 e. The number of hydrogen-bond donors (Lipinski definition) is 3. The van der Waals surface area contributed by atoms with Gasteiger partial charge in [0.2, 0.25) is 15.7 Å². The quantitative estimate of drug-likeness (QED) is 0.406. The van der Waals surface area contributed by atoms with Crippen LogP contribution in [-0.4, -0.2) is 51.0 Å². The highest BCUT2D eigenvalue weighted by Crippen LogP contribution is 2.29. The number of aliphatic imine (C=N–C) groups is 1. The van der Waals surface area contributed by atoms with Crippen LogP contribution >= 0.6 is 0 Å². The lowest BCUT2D eigenvalue weighted by Crippen LogP contribution is -2.25. The van der Waals surface area contributed by atoms with E-state index in [9.17, 15) is 13.2 Å². The molecule has 0 aromatic heterocycles. The Kier molecular flexibility index (Phi) is 7.32. The summed E-state index contributed by atoms with van der Waals surface area (Å²) in [6.07, 6.45) is 3.55. The van der Waals surface area contributed by atoms with Gasteiger partial charge in [0.05, 0.1) is 4.90 Å². The highest BCUT2D eigenvalue weighted by Gasteiger charge is 2.30. The van der Waals surface area contributed by atoms with Crippen LogP contribution in [0.15, 0.2) is 58.4 Å². The number of nitrogens with one attached hydrogen (secondary N) is 2. The number of benzene rings is 2. The summed E-state index contributed by atoms with van der Waals surface area (Å²) in [5.41, 5.74) is 3.17. The number of carbonyl (C=O) groups is 1. The molecule has 8 nitrogen and oxygen atoms in total. The van der Waals surface area contributed by atoms with Crippen LogP contribution in [0.5, 0.6) is 0 Å². The van der Waals surface area contributed by atoms with Crippen molar-refractivity contribution in [2.75, 3.05) is 20.1 Å². The molecule has 1 aliphatic rings. The van der Waals surface area contributed by atoms with E-state index >= 15 is 0 Å². The smallest absolute Gasteiger partial charge is 0.278 e. The normalized spacial score (nSPS) is 16.0. The fraction of sp³-hybridized carbons (Fsp3) is 0.318. The molecule has 31 heavy (non-hydrogen) atoms. The molecule has 9 heteroatoms. The Morgan fingerprint density at radius 3 is 2.32 bits per heavy atom. The van der Waals surface area contributed by atoms with Crippen molar-refractivity contribution in [2.45, 2.75) is 30.8 Å². The third-order valence-corrected chi connectivity index (χ3v) is 5.92. The number of rotatable bonds is 9. The van der Waals surface area contributed by atoms with Gasteiger partial charge in [-0.1, -0.05) is 0 Å². The summed E-state index contributed by atoms with van der Waals surface area (Å²) in [4.78, 5) is 17.0. The molecule has 0 spiro atoms. The van der Waals surface area contributed by atoms with Crippen LogP contribution in [0.25, 0.3) is 0 Å². The molecule has 3 rings (SSSR count). The second kappa shape index (κ2) is 9.95. The molecule has 1 aliphatic heterocycles. The number of hydrogen-bond acceptors (Lipinski definition) is 5. The first-order valence-electron chi connectivity index (χ1n) is 10.1. The minimum atomic E-state index is -3.74. The number of nitrogens with two attached hydrogens (primary N) is 1. The largest absolute Gasteiger partial charge is 0.352 e. The summed E-state index contributed by atoms with van der Waals surface area (Å²) in [5, 5.41) is 11.2. The summed E-state index contributed by atoms with van der Waals surface area (Å²) < 4.78 is 25.0. The number of carbonyl (C=O) groups excluding carboxylic acids is 1. The Morgan fingerprint density at radius 2 is 1.71 bits per heavy atom. The molecule has 1 unspecified atom stereocenters. The molecule has 1 heterocycles. The van der Waals surface area contributed by atoms with Crippen molar-refractivity contribution in [3.05, 3.63) is 59.7 Å². The zero-order valence-corrected chi connectivity index (χ0v) is 18.5. The van der Waals surface area contributed by atoms with Crippen molar-refractivity contribution in [3.63, 3.8) is 0 Å². The molecule has 164 valence electrons. The fourth-order valence-electron chi connectivity index (χ4n) is 3.36. The average molecular weight is 443 g/mol. The van der Waals surface area contributed by atoms with Gasteiger partial charge in [0, 0.05) is 29.8 Å². The lowest BCUT2D eigenvalue weighted by molar-refractivity contribution is -0.479. The molecule has 4 N–H and O–H groups in total. The lowest BCUT2D eigenvalue weighted by Gasteiger charge is -2.10. The molecule has 0 saturated heterocycles. The van der Waals surface area contributed by atoms with Crippen molar-refractivity contribution < 1.29 is 17.8 Å². The van der Waals surface area contributed by atoms with Gasteiger partial charge in [0.15, 0.2) is 6.21 Å². The molecule has 0 saturated carbocycles. The fourth-order valence-corrected chi connectivity index (χ4v) is 3.87. The van der Waals surface area contributed by atoms with E-state index in [2.05, 4.69) is 15.6 Å². The van der Waals surface area contributed by atoms with Gasteiger partial charge in [-0.15, -0.1) is 0 Å². The van der Waals surface area contributed by atoms with Gasteiger partial charge in [0.1, 0.15) is 5.71 Å². The van der Waals surface area contributed by atoms with Crippen LogP contribution in [0.1, 0.15) is 41.9 Å². The minimum Gasteiger partial charge on any atom is -0.352 e. The van der Waals surface area contributed by atoms with Crippen molar-refractivity contribution in [1.29, 1.82) is 0 Å². The Balaban J connectivity index is 1.71. The van der Waals surface area contributed by atoms with Crippen molar-refractivity contribution in [1.82, 2.24) is 10.6 Å². The molecule has 0 aliphatic carbocycles. The second-order valence-electron chi connectivity index (χ2n) is 7.41. The highest BCUT2D eigenvalue weighted by atomic mass is 32.2. The predicted molar refractivity (Wildman–Crippen MR) is 122 cm³/mol. The van der Waals surface area contributed by atoms with Gasteiger partial charge in [-0.2, -0.15) is 4.58 Å². The zero-order chi connectivity index (χ0) is 22.4. The Hall–Kier alpha value is -2.88. The first-order valence-corrected chi connectivity index (χ1v) is 11.7. The Bertz CT molecular complexity index is 1090. The summed E-state index contributed by atoms with van der Waals surface area (Å²) in [6.45, 7) is 3.48. The zero-order valence-electron chi connectivity index (χ0n) is 17.7.